The number of rotatable bonds is 7. The van der Waals surface area contributed by atoms with Crippen molar-refractivity contribution in [2.75, 3.05) is 10.6 Å². The minimum absolute atomic E-state index is 0.112. The molecule has 2 aliphatic rings. The van der Waals surface area contributed by atoms with Crippen molar-refractivity contribution < 1.29 is 19.5 Å². The van der Waals surface area contributed by atoms with Crippen molar-refractivity contribution >= 4 is 63.2 Å². The smallest absolute Gasteiger partial charge is 0.326 e. The molecule has 6 rings (SSSR count). The number of thiazole rings is 1. The predicted molar refractivity (Wildman–Crippen MR) is 134 cm³/mol. The van der Waals surface area contributed by atoms with Gasteiger partial charge in [-0.3, -0.25) is 20.2 Å². The van der Waals surface area contributed by atoms with E-state index in [4.69, 9.17) is 10.1 Å². The van der Waals surface area contributed by atoms with Crippen molar-refractivity contribution in [3.05, 3.63) is 51.6 Å². The van der Waals surface area contributed by atoms with Gasteiger partial charge in [-0.15, -0.1) is 22.7 Å². The number of aliphatic hydroxyl groups is 1. The van der Waals surface area contributed by atoms with Gasteiger partial charge in [-0.2, -0.15) is 9.61 Å². The lowest BCUT2D eigenvalue weighted by molar-refractivity contribution is -0.115. The van der Waals surface area contributed by atoms with Gasteiger partial charge < -0.3 is 15.7 Å². The van der Waals surface area contributed by atoms with E-state index < -0.39 is 11.9 Å². The topological polar surface area (TPSA) is 163 Å². The number of aromatic nitrogens is 4. The molecule has 4 amide bonds. The Morgan fingerprint density at radius 3 is 2.83 bits per heavy atom. The van der Waals surface area contributed by atoms with E-state index in [0.717, 1.165) is 23.5 Å². The number of thiophene rings is 1. The fourth-order valence-corrected chi connectivity index (χ4v) is 5.14. The zero-order valence-electron chi connectivity index (χ0n) is 18.4. The molecule has 0 radical (unpaired) electrons. The highest BCUT2D eigenvalue weighted by Gasteiger charge is 2.26. The van der Waals surface area contributed by atoms with Crippen LogP contribution < -0.4 is 21.3 Å². The molecule has 12 nitrogen and oxygen atoms in total. The minimum Gasteiger partial charge on any atom is -0.390 e. The van der Waals surface area contributed by atoms with Crippen LogP contribution in [0.5, 0.6) is 0 Å². The van der Waals surface area contributed by atoms with Gasteiger partial charge >= 0.3 is 6.03 Å². The molecule has 0 atom stereocenters. The van der Waals surface area contributed by atoms with Crippen molar-refractivity contribution in [1.82, 2.24) is 30.2 Å². The quantitative estimate of drug-likeness (QED) is 0.183. The van der Waals surface area contributed by atoms with Crippen LogP contribution in [-0.4, -0.2) is 48.6 Å². The number of hydrogen-bond donors (Lipinski definition) is 5. The highest BCUT2D eigenvalue weighted by molar-refractivity contribution is 7.17. The molecule has 0 spiro atoms. The van der Waals surface area contributed by atoms with E-state index >= 15 is 0 Å². The monoisotopic (exact) mass is 522 g/mol. The molecule has 4 aromatic heterocycles. The molecule has 0 bridgehead atoms. The van der Waals surface area contributed by atoms with Crippen molar-refractivity contribution in [2.45, 2.75) is 25.5 Å². The first-order valence-electron chi connectivity index (χ1n) is 10.9. The fourth-order valence-electron chi connectivity index (χ4n) is 3.58. The van der Waals surface area contributed by atoms with Gasteiger partial charge in [-0.25, -0.2) is 14.8 Å². The number of nitrogens with zero attached hydrogens (tertiary/aromatic N) is 4. The standard InChI is InChI=1S/C22H18N8O4S2/c31-8-12-9-35-22(25-12)29-20(33)16-4-3-15(36-16)13-6-17(24-11-1-2-11)30-18(26-13)10(7-23-30)5-14-19(32)28-21(34)27-14/h3-7,9,11,24,31H,1-2,8H2,(H,25,29,33)(H2,27,28,32,34)/b14-5-. The van der Waals surface area contributed by atoms with Crippen molar-refractivity contribution in [3.63, 3.8) is 0 Å². The van der Waals surface area contributed by atoms with Crippen LogP contribution in [0.4, 0.5) is 15.7 Å². The van der Waals surface area contributed by atoms with Gasteiger partial charge in [0.1, 0.15) is 11.5 Å². The largest absolute Gasteiger partial charge is 0.390 e. The van der Waals surface area contributed by atoms with Crippen LogP contribution in [-0.2, 0) is 11.4 Å². The van der Waals surface area contributed by atoms with Gasteiger partial charge in [0.25, 0.3) is 11.8 Å². The molecule has 5 N–H and O–H groups in total. The number of aliphatic hydroxyl groups excluding tert-OH is 1. The molecular formula is C22H18N8O4S2. The summed E-state index contributed by atoms with van der Waals surface area (Å²) in [5, 5.41) is 26.5. The van der Waals surface area contributed by atoms with Gasteiger partial charge in [0.05, 0.1) is 33.9 Å². The van der Waals surface area contributed by atoms with Crippen molar-refractivity contribution in [3.8, 4) is 10.6 Å². The van der Waals surface area contributed by atoms with Crippen LogP contribution in [0, 0.1) is 0 Å². The second-order valence-electron chi connectivity index (χ2n) is 8.17. The molecule has 14 heteroatoms. The predicted octanol–water partition coefficient (Wildman–Crippen LogP) is 2.41. The molecule has 182 valence electrons. The number of imide groups is 1. The van der Waals surface area contributed by atoms with Crippen LogP contribution in [0.1, 0.15) is 33.8 Å². The summed E-state index contributed by atoms with van der Waals surface area (Å²) in [6, 6.07) is 5.18. The molecule has 0 unspecified atom stereocenters. The normalized spacial score (nSPS) is 16.4. The first-order valence-corrected chi connectivity index (χ1v) is 12.6. The summed E-state index contributed by atoms with van der Waals surface area (Å²) in [4.78, 5) is 46.4. The summed E-state index contributed by atoms with van der Waals surface area (Å²) in [7, 11) is 0. The van der Waals surface area contributed by atoms with Crippen molar-refractivity contribution in [1.29, 1.82) is 0 Å². The van der Waals surface area contributed by atoms with Gasteiger partial charge in [0.2, 0.25) is 0 Å². The maximum atomic E-state index is 12.7. The summed E-state index contributed by atoms with van der Waals surface area (Å²) in [6.45, 7) is -0.189. The Labute approximate surface area is 211 Å². The Morgan fingerprint density at radius 2 is 2.11 bits per heavy atom. The average molecular weight is 523 g/mol. The third-order valence-corrected chi connectivity index (χ3v) is 7.38. The van der Waals surface area contributed by atoms with Crippen molar-refractivity contribution in [2.24, 2.45) is 0 Å². The number of urea groups is 1. The molecule has 1 aliphatic heterocycles. The summed E-state index contributed by atoms with van der Waals surface area (Å²) in [5.74, 6) is -0.0897. The highest BCUT2D eigenvalue weighted by Crippen LogP contribution is 2.33. The Bertz CT molecular complexity index is 1560. The number of nitrogens with one attached hydrogen (secondary N) is 4. The molecule has 1 aliphatic carbocycles. The maximum Gasteiger partial charge on any atom is 0.326 e. The number of fused-ring (bicyclic) bond motifs is 1. The van der Waals surface area contributed by atoms with E-state index in [1.165, 1.54) is 28.7 Å². The Kier molecular flexibility index (Phi) is 5.47. The van der Waals surface area contributed by atoms with E-state index in [1.807, 2.05) is 12.1 Å². The van der Waals surface area contributed by atoms with Gasteiger partial charge in [-0.05, 0) is 31.1 Å². The first-order chi connectivity index (χ1) is 17.5. The first kappa shape index (κ1) is 22.3. The van der Waals surface area contributed by atoms with Crippen LogP contribution in [0.15, 0.2) is 35.5 Å². The van der Waals surface area contributed by atoms with Gasteiger partial charge in [-0.1, -0.05) is 0 Å². The van der Waals surface area contributed by atoms with Gasteiger partial charge in [0.15, 0.2) is 10.8 Å². The van der Waals surface area contributed by atoms with Crippen LogP contribution in [0.3, 0.4) is 0 Å². The van der Waals surface area contributed by atoms with Crippen LogP contribution in [0.2, 0.25) is 0 Å². The maximum absolute atomic E-state index is 12.7. The summed E-state index contributed by atoms with van der Waals surface area (Å²) >= 11 is 2.52. The number of carbonyl (C=O) groups excluding carboxylic acids is 3. The SMILES string of the molecule is O=C1NC(=O)/C(=C/c2cnn3c(NC4CC4)cc(-c4ccc(C(=O)Nc5nc(CO)cs5)s4)nc23)N1. The number of hydrogen-bond acceptors (Lipinski definition) is 10. The summed E-state index contributed by atoms with van der Waals surface area (Å²) in [5.41, 5.74) is 2.29. The average Bonchev–Trinajstić information content (AvgIpc) is 3.24. The third-order valence-electron chi connectivity index (χ3n) is 5.46. The van der Waals surface area contributed by atoms with Gasteiger partial charge in [0, 0.05) is 23.1 Å². The molecule has 5 heterocycles. The molecule has 4 aromatic rings. The lowest BCUT2D eigenvalue weighted by Crippen LogP contribution is -2.22. The molecular weight excluding hydrogens is 504 g/mol. The third kappa shape index (κ3) is 4.32. The lowest BCUT2D eigenvalue weighted by Gasteiger charge is -2.09. The Balaban J connectivity index is 1.34. The van der Waals surface area contributed by atoms with E-state index in [0.29, 0.717) is 38.6 Å². The fraction of sp³-hybridized carbons (Fsp3) is 0.182. The van der Waals surface area contributed by atoms with E-state index in [-0.39, 0.29) is 18.2 Å². The molecule has 2 fully saturated rings. The number of carbonyl (C=O) groups is 3. The minimum atomic E-state index is -0.581. The molecule has 36 heavy (non-hydrogen) atoms. The number of amides is 4. The summed E-state index contributed by atoms with van der Waals surface area (Å²) < 4.78 is 1.66. The molecule has 0 aromatic carbocycles. The Morgan fingerprint density at radius 1 is 1.25 bits per heavy atom. The second-order valence-corrected chi connectivity index (χ2v) is 10.1. The zero-order chi connectivity index (χ0) is 24.8. The van der Waals surface area contributed by atoms with E-state index in [9.17, 15) is 14.4 Å². The molecule has 1 saturated carbocycles. The van der Waals surface area contributed by atoms with Crippen LogP contribution >= 0.6 is 22.7 Å². The lowest BCUT2D eigenvalue weighted by atomic mass is 10.2. The van der Waals surface area contributed by atoms with E-state index in [1.54, 1.807) is 22.2 Å². The second kappa shape index (κ2) is 8.82. The Hall–Kier alpha value is -4.14. The highest BCUT2D eigenvalue weighted by atomic mass is 32.1. The summed E-state index contributed by atoms with van der Waals surface area (Å²) in [6.07, 6.45) is 5.22. The zero-order valence-corrected chi connectivity index (χ0v) is 20.1. The van der Waals surface area contributed by atoms with Crippen LogP contribution in [0.25, 0.3) is 22.3 Å². The molecule has 1 saturated heterocycles. The van der Waals surface area contributed by atoms with E-state index in [2.05, 4.69) is 31.3 Å². The number of anilines is 2.